The molecule has 0 radical (unpaired) electrons. The van der Waals surface area contributed by atoms with Gasteiger partial charge in [0.05, 0.1) is 0 Å². The van der Waals surface area contributed by atoms with Crippen molar-refractivity contribution in [2.45, 2.75) is 38.5 Å². The van der Waals surface area contributed by atoms with Crippen LogP contribution in [0.1, 0.15) is 36.8 Å². The van der Waals surface area contributed by atoms with Crippen LogP contribution in [0.2, 0.25) is 0 Å². The van der Waals surface area contributed by atoms with Crippen LogP contribution in [0.15, 0.2) is 12.3 Å². The van der Waals surface area contributed by atoms with Crippen molar-refractivity contribution in [3.63, 3.8) is 0 Å². The summed E-state index contributed by atoms with van der Waals surface area (Å²) >= 11 is 5.88. The minimum absolute atomic E-state index is 0.548. The number of hydrogen-bond acceptors (Lipinski definition) is 3. The van der Waals surface area contributed by atoms with Crippen molar-refractivity contribution in [3.05, 3.63) is 23.4 Å². The van der Waals surface area contributed by atoms with Crippen LogP contribution in [0.3, 0.4) is 0 Å². The molecule has 0 aliphatic carbocycles. The molecule has 2 aliphatic heterocycles. The van der Waals surface area contributed by atoms with Gasteiger partial charge in [0, 0.05) is 31.7 Å². The summed E-state index contributed by atoms with van der Waals surface area (Å²) in [6, 6.07) is 2.17. The van der Waals surface area contributed by atoms with Gasteiger partial charge in [-0.1, -0.05) is 0 Å². The summed E-state index contributed by atoms with van der Waals surface area (Å²) in [5, 5.41) is 0. The largest absolute Gasteiger partial charge is 0.356 e. The van der Waals surface area contributed by atoms with Crippen LogP contribution in [-0.2, 0) is 5.88 Å². The van der Waals surface area contributed by atoms with Gasteiger partial charge in [0.25, 0.3) is 0 Å². The van der Waals surface area contributed by atoms with Crippen molar-refractivity contribution < 1.29 is 0 Å². The fourth-order valence-electron chi connectivity index (χ4n) is 3.69. The number of aryl methyl sites for hydroxylation is 1. The van der Waals surface area contributed by atoms with Gasteiger partial charge in [0.2, 0.25) is 0 Å². The van der Waals surface area contributed by atoms with Gasteiger partial charge in [-0.2, -0.15) is 0 Å². The highest BCUT2D eigenvalue weighted by Crippen LogP contribution is 2.26. The van der Waals surface area contributed by atoms with E-state index in [4.69, 9.17) is 11.6 Å². The average Bonchev–Trinajstić information content (AvgIpc) is 3.01. The second-order valence-corrected chi connectivity index (χ2v) is 6.82. The molecule has 2 fully saturated rings. The molecule has 116 valence electrons. The maximum atomic E-state index is 5.88. The maximum absolute atomic E-state index is 5.88. The van der Waals surface area contributed by atoms with E-state index in [1.807, 2.05) is 6.20 Å². The van der Waals surface area contributed by atoms with Crippen molar-refractivity contribution >= 4 is 17.4 Å². The van der Waals surface area contributed by atoms with E-state index >= 15 is 0 Å². The van der Waals surface area contributed by atoms with E-state index in [9.17, 15) is 0 Å². The summed E-state index contributed by atoms with van der Waals surface area (Å²) < 4.78 is 0. The molecule has 0 aromatic carbocycles. The number of aromatic nitrogens is 1. The van der Waals surface area contributed by atoms with Crippen LogP contribution in [0.4, 0.5) is 5.82 Å². The highest BCUT2D eigenvalue weighted by Gasteiger charge is 2.24. The normalized spacial score (nSPS) is 21.1. The van der Waals surface area contributed by atoms with E-state index in [1.165, 1.54) is 50.9 Å². The quantitative estimate of drug-likeness (QED) is 0.794. The van der Waals surface area contributed by atoms with Crippen LogP contribution in [0, 0.1) is 12.8 Å². The van der Waals surface area contributed by atoms with Gasteiger partial charge < -0.3 is 9.80 Å². The smallest absolute Gasteiger partial charge is 0.131 e. The van der Waals surface area contributed by atoms with Crippen molar-refractivity contribution in [1.29, 1.82) is 0 Å². The molecule has 0 unspecified atom stereocenters. The summed E-state index contributed by atoms with van der Waals surface area (Å²) in [7, 11) is 0. The van der Waals surface area contributed by atoms with Crippen molar-refractivity contribution in [2.24, 2.45) is 5.92 Å². The molecule has 0 saturated carbocycles. The lowest BCUT2D eigenvalue weighted by Crippen LogP contribution is -2.38. The minimum Gasteiger partial charge on any atom is -0.356 e. The van der Waals surface area contributed by atoms with E-state index in [-0.39, 0.29) is 0 Å². The number of rotatable bonds is 4. The van der Waals surface area contributed by atoms with Crippen molar-refractivity contribution in [2.75, 3.05) is 37.6 Å². The van der Waals surface area contributed by atoms with E-state index in [1.54, 1.807) is 0 Å². The lowest BCUT2D eigenvalue weighted by molar-refractivity contribution is 0.249. The highest BCUT2D eigenvalue weighted by atomic mass is 35.5. The Balaban J connectivity index is 1.55. The van der Waals surface area contributed by atoms with Gasteiger partial charge in [0.1, 0.15) is 5.82 Å². The van der Waals surface area contributed by atoms with Gasteiger partial charge >= 0.3 is 0 Å². The summed E-state index contributed by atoms with van der Waals surface area (Å²) in [5.41, 5.74) is 2.37. The molecule has 0 atom stereocenters. The third-order valence-electron chi connectivity index (χ3n) is 4.89. The molecule has 0 bridgehead atoms. The molecule has 21 heavy (non-hydrogen) atoms. The number of piperidine rings is 1. The predicted molar refractivity (Wildman–Crippen MR) is 89.1 cm³/mol. The molecule has 3 rings (SSSR count). The summed E-state index contributed by atoms with van der Waals surface area (Å²) in [6.45, 7) is 8.39. The first kappa shape index (κ1) is 15.1. The van der Waals surface area contributed by atoms with Crippen LogP contribution < -0.4 is 4.90 Å². The van der Waals surface area contributed by atoms with Crippen LogP contribution in [0.5, 0.6) is 0 Å². The zero-order valence-corrected chi connectivity index (χ0v) is 13.8. The first-order valence-electron chi connectivity index (χ1n) is 8.25. The van der Waals surface area contributed by atoms with Crippen LogP contribution in [-0.4, -0.2) is 42.6 Å². The zero-order chi connectivity index (χ0) is 14.7. The fraction of sp³-hybridized carbons (Fsp3) is 0.706. The highest BCUT2D eigenvalue weighted by molar-refractivity contribution is 6.17. The summed E-state index contributed by atoms with van der Waals surface area (Å²) in [6.07, 6.45) is 7.32. The molecule has 2 aliphatic rings. The van der Waals surface area contributed by atoms with Gasteiger partial charge in [-0.3, -0.25) is 0 Å². The number of likely N-dealkylation sites (tertiary alicyclic amines) is 1. The SMILES string of the molecule is Cc1cc(CCl)cnc1N1CCC(CN2CCCC2)CC1. The molecular weight excluding hydrogens is 282 g/mol. The van der Waals surface area contributed by atoms with E-state index < -0.39 is 0 Å². The number of halogens is 1. The maximum Gasteiger partial charge on any atom is 0.131 e. The molecule has 2 saturated heterocycles. The summed E-state index contributed by atoms with van der Waals surface area (Å²) in [4.78, 5) is 9.74. The fourth-order valence-corrected chi connectivity index (χ4v) is 3.83. The molecule has 0 N–H and O–H groups in total. The third kappa shape index (κ3) is 3.70. The molecular formula is C17H26ClN3. The van der Waals surface area contributed by atoms with Crippen molar-refractivity contribution in [3.8, 4) is 0 Å². The average molecular weight is 308 g/mol. The Labute approximate surface area is 133 Å². The van der Waals surface area contributed by atoms with E-state index in [0.717, 1.165) is 30.4 Å². The second kappa shape index (κ2) is 6.97. The summed E-state index contributed by atoms with van der Waals surface area (Å²) in [5.74, 6) is 2.58. The Kier molecular flexibility index (Phi) is 5.02. The lowest BCUT2D eigenvalue weighted by Gasteiger charge is -2.35. The Morgan fingerprint density at radius 2 is 1.90 bits per heavy atom. The van der Waals surface area contributed by atoms with Crippen LogP contribution >= 0.6 is 11.6 Å². The number of alkyl halides is 1. The number of anilines is 1. The molecule has 1 aromatic rings. The first-order chi connectivity index (χ1) is 10.3. The standard InChI is InChI=1S/C17H26ClN3/c1-14-10-16(11-18)12-19-17(14)21-8-4-15(5-9-21)13-20-6-2-3-7-20/h10,12,15H,2-9,11,13H2,1H3. The van der Waals surface area contributed by atoms with Gasteiger partial charge in [-0.15, -0.1) is 11.6 Å². The number of pyridine rings is 1. The first-order valence-corrected chi connectivity index (χ1v) is 8.78. The van der Waals surface area contributed by atoms with Gasteiger partial charge in [-0.25, -0.2) is 4.98 Å². The number of nitrogens with zero attached hydrogens (tertiary/aromatic N) is 3. The Morgan fingerprint density at radius 1 is 1.19 bits per heavy atom. The lowest BCUT2D eigenvalue weighted by atomic mass is 9.96. The third-order valence-corrected chi connectivity index (χ3v) is 5.20. The molecule has 3 nitrogen and oxygen atoms in total. The molecule has 3 heterocycles. The Bertz CT molecular complexity index is 463. The molecule has 0 spiro atoms. The molecule has 1 aromatic heterocycles. The zero-order valence-electron chi connectivity index (χ0n) is 13.0. The Morgan fingerprint density at radius 3 is 2.52 bits per heavy atom. The molecule has 0 amide bonds. The van der Waals surface area contributed by atoms with Gasteiger partial charge in [-0.05, 0) is 68.8 Å². The van der Waals surface area contributed by atoms with E-state index in [0.29, 0.717) is 5.88 Å². The minimum atomic E-state index is 0.548. The predicted octanol–water partition coefficient (Wildman–Crippen LogP) is 3.44. The monoisotopic (exact) mass is 307 g/mol. The Hall–Kier alpha value is -0.800. The molecule has 4 heteroatoms. The number of hydrogen-bond donors (Lipinski definition) is 0. The second-order valence-electron chi connectivity index (χ2n) is 6.56. The topological polar surface area (TPSA) is 19.4 Å². The van der Waals surface area contributed by atoms with Gasteiger partial charge in [0.15, 0.2) is 0 Å². The van der Waals surface area contributed by atoms with Crippen LogP contribution in [0.25, 0.3) is 0 Å². The van der Waals surface area contributed by atoms with Crippen molar-refractivity contribution in [1.82, 2.24) is 9.88 Å². The van der Waals surface area contributed by atoms with E-state index in [2.05, 4.69) is 27.8 Å².